The lowest BCUT2D eigenvalue weighted by molar-refractivity contribution is 0.0511. The molecule has 0 spiro atoms. The lowest BCUT2D eigenvalue weighted by atomic mass is 10.1. The summed E-state index contributed by atoms with van der Waals surface area (Å²) in [4.78, 5) is 16.6. The van der Waals surface area contributed by atoms with Gasteiger partial charge in [0, 0.05) is 11.8 Å². The summed E-state index contributed by atoms with van der Waals surface area (Å²) in [7, 11) is 0. The van der Waals surface area contributed by atoms with Crippen molar-refractivity contribution in [3.05, 3.63) is 60.0 Å². The Morgan fingerprint density at radius 1 is 1.24 bits per heavy atom. The molecule has 0 aliphatic carbocycles. The van der Waals surface area contributed by atoms with E-state index in [1.54, 1.807) is 11.3 Å². The molecule has 0 aliphatic heterocycles. The van der Waals surface area contributed by atoms with Crippen molar-refractivity contribution in [2.45, 2.75) is 13.8 Å². The molecule has 0 saturated carbocycles. The summed E-state index contributed by atoms with van der Waals surface area (Å²) in [5, 5.41) is 0. The summed E-state index contributed by atoms with van der Waals surface area (Å²) in [6.07, 6.45) is 1.83. The number of benzene rings is 1. The van der Waals surface area contributed by atoms with Crippen molar-refractivity contribution in [3.63, 3.8) is 0 Å². The number of nitrogens with zero attached hydrogens (tertiary/aromatic N) is 2. The fourth-order valence-corrected chi connectivity index (χ4v) is 2.38. The lowest BCUT2D eigenvalue weighted by Crippen LogP contribution is -2.09. The van der Waals surface area contributed by atoms with Gasteiger partial charge in [-0.2, -0.15) is 0 Å². The van der Waals surface area contributed by atoms with E-state index in [-0.39, 0.29) is 0 Å². The predicted molar refractivity (Wildman–Crippen MR) is 81.3 cm³/mol. The smallest absolute Gasteiger partial charge is 0.374 e. The van der Waals surface area contributed by atoms with E-state index in [9.17, 15) is 4.79 Å². The zero-order valence-electron chi connectivity index (χ0n) is 12.0. The van der Waals surface area contributed by atoms with Gasteiger partial charge in [-0.25, -0.2) is 9.78 Å². The average molecular weight is 280 g/mol. The maximum atomic E-state index is 12.1. The van der Waals surface area contributed by atoms with Crippen LogP contribution in [0, 0.1) is 6.92 Å². The molecular formula is C17H16N2O2. The minimum absolute atomic E-state index is 0.309. The number of hydrogen-bond donors (Lipinski definition) is 0. The number of imidazole rings is 1. The summed E-state index contributed by atoms with van der Waals surface area (Å²) in [6.45, 7) is 4.16. The van der Waals surface area contributed by atoms with Crippen LogP contribution < -0.4 is 0 Å². The van der Waals surface area contributed by atoms with Crippen LogP contribution in [0.5, 0.6) is 0 Å². The topological polar surface area (TPSA) is 43.6 Å². The minimum Gasteiger partial charge on any atom is -0.460 e. The van der Waals surface area contributed by atoms with Crippen LogP contribution in [0.1, 0.15) is 23.1 Å². The highest BCUT2D eigenvalue weighted by Gasteiger charge is 2.18. The zero-order chi connectivity index (χ0) is 14.8. The Morgan fingerprint density at radius 3 is 2.86 bits per heavy atom. The molecule has 0 bridgehead atoms. The third kappa shape index (κ3) is 2.40. The third-order valence-corrected chi connectivity index (χ3v) is 3.30. The van der Waals surface area contributed by atoms with Crippen LogP contribution in [-0.2, 0) is 4.74 Å². The Labute approximate surface area is 123 Å². The quantitative estimate of drug-likeness (QED) is 0.690. The van der Waals surface area contributed by atoms with E-state index in [2.05, 4.69) is 11.1 Å². The third-order valence-electron chi connectivity index (χ3n) is 3.30. The van der Waals surface area contributed by atoms with Gasteiger partial charge in [0.25, 0.3) is 0 Å². The van der Waals surface area contributed by atoms with Crippen molar-refractivity contribution >= 4 is 11.5 Å². The van der Waals surface area contributed by atoms with Crippen LogP contribution in [0.15, 0.2) is 48.7 Å². The van der Waals surface area contributed by atoms with E-state index < -0.39 is 5.97 Å². The van der Waals surface area contributed by atoms with Gasteiger partial charge in [-0.15, -0.1) is 0 Å². The molecule has 0 atom stereocenters. The number of aromatic nitrogens is 2. The largest absolute Gasteiger partial charge is 0.460 e. The van der Waals surface area contributed by atoms with E-state index in [4.69, 9.17) is 4.74 Å². The summed E-state index contributed by atoms with van der Waals surface area (Å²) in [5.74, 6) is -0.0958. The first-order valence-electron chi connectivity index (χ1n) is 6.92. The fourth-order valence-electron chi connectivity index (χ4n) is 2.38. The maximum Gasteiger partial charge on any atom is 0.374 e. The SMILES string of the molecule is CCOC(=O)c1nc(-c2cccc(C)c2)c2ccccn12. The van der Waals surface area contributed by atoms with Crippen LogP contribution in [0.25, 0.3) is 16.8 Å². The van der Waals surface area contributed by atoms with Crippen LogP contribution in [0.2, 0.25) is 0 Å². The lowest BCUT2D eigenvalue weighted by Gasteiger charge is -2.00. The highest BCUT2D eigenvalue weighted by Crippen LogP contribution is 2.25. The first-order chi connectivity index (χ1) is 10.2. The molecule has 0 fully saturated rings. The Morgan fingerprint density at radius 2 is 2.10 bits per heavy atom. The van der Waals surface area contributed by atoms with Gasteiger partial charge in [0.2, 0.25) is 5.82 Å². The Balaban J connectivity index is 2.22. The molecule has 0 radical (unpaired) electrons. The highest BCUT2D eigenvalue weighted by molar-refractivity contribution is 5.90. The van der Waals surface area contributed by atoms with E-state index >= 15 is 0 Å². The van der Waals surface area contributed by atoms with Crippen LogP contribution in [0.4, 0.5) is 0 Å². The Bertz CT molecular complexity index is 805. The molecule has 3 aromatic rings. The zero-order valence-corrected chi connectivity index (χ0v) is 12.0. The van der Waals surface area contributed by atoms with Crippen LogP contribution in [-0.4, -0.2) is 22.0 Å². The van der Waals surface area contributed by atoms with Crippen LogP contribution in [0.3, 0.4) is 0 Å². The Hall–Kier alpha value is -2.62. The number of carbonyl (C=O) groups is 1. The van der Waals surface area contributed by atoms with E-state index in [1.165, 1.54) is 0 Å². The van der Waals surface area contributed by atoms with Crippen molar-refractivity contribution < 1.29 is 9.53 Å². The van der Waals surface area contributed by atoms with Gasteiger partial charge in [0.1, 0.15) is 0 Å². The fraction of sp³-hybridized carbons (Fsp3) is 0.176. The maximum absolute atomic E-state index is 12.1. The van der Waals surface area contributed by atoms with Gasteiger partial charge < -0.3 is 4.74 Å². The molecule has 21 heavy (non-hydrogen) atoms. The molecule has 0 saturated heterocycles. The van der Waals surface area contributed by atoms with Gasteiger partial charge in [0.05, 0.1) is 17.8 Å². The molecule has 0 N–H and O–H groups in total. The summed E-state index contributed by atoms with van der Waals surface area (Å²) in [5.41, 5.74) is 3.84. The first kappa shape index (κ1) is 13.4. The number of rotatable bonds is 3. The second kappa shape index (κ2) is 5.40. The van der Waals surface area contributed by atoms with Crippen molar-refractivity contribution in [1.29, 1.82) is 0 Å². The second-order valence-corrected chi connectivity index (χ2v) is 4.83. The molecule has 0 unspecified atom stereocenters. The second-order valence-electron chi connectivity index (χ2n) is 4.83. The summed E-state index contributed by atoms with van der Waals surface area (Å²) in [6, 6.07) is 13.8. The highest BCUT2D eigenvalue weighted by atomic mass is 16.5. The predicted octanol–water partition coefficient (Wildman–Crippen LogP) is 3.49. The van der Waals surface area contributed by atoms with Gasteiger partial charge in [-0.1, -0.05) is 29.8 Å². The van der Waals surface area contributed by atoms with Crippen molar-refractivity contribution in [1.82, 2.24) is 9.38 Å². The molecule has 3 rings (SSSR count). The number of carbonyl (C=O) groups excluding carboxylic acids is 1. The summed E-state index contributed by atoms with van der Waals surface area (Å²) < 4.78 is 6.86. The number of ether oxygens (including phenoxy) is 1. The first-order valence-corrected chi connectivity index (χ1v) is 6.92. The molecule has 2 aromatic heterocycles. The van der Waals surface area contributed by atoms with E-state index in [1.807, 2.05) is 49.5 Å². The van der Waals surface area contributed by atoms with Gasteiger partial charge >= 0.3 is 5.97 Å². The molecule has 1 aromatic carbocycles. The molecule has 2 heterocycles. The molecular weight excluding hydrogens is 264 g/mol. The number of esters is 1. The molecule has 106 valence electrons. The number of fused-ring (bicyclic) bond motifs is 1. The average Bonchev–Trinajstić information content (AvgIpc) is 2.87. The van der Waals surface area contributed by atoms with Gasteiger partial charge in [-0.05, 0) is 32.0 Å². The summed E-state index contributed by atoms with van der Waals surface area (Å²) >= 11 is 0. The normalized spacial score (nSPS) is 10.8. The number of aryl methyl sites for hydroxylation is 1. The minimum atomic E-state index is -0.405. The van der Waals surface area contributed by atoms with Crippen molar-refractivity contribution in [2.24, 2.45) is 0 Å². The van der Waals surface area contributed by atoms with Gasteiger partial charge in [-0.3, -0.25) is 4.40 Å². The van der Waals surface area contributed by atoms with Crippen molar-refractivity contribution in [3.8, 4) is 11.3 Å². The van der Waals surface area contributed by atoms with Crippen LogP contribution >= 0.6 is 0 Å². The van der Waals surface area contributed by atoms with E-state index in [0.717, 1.165) is 22.3 Å². The standard InChI is InChI=1S/C17H16N2O2/c1-3-21-17(20)16-18-15(13-8-6-7-12(2)11-13)14-9-4-5-10-19(14)16/h4-11H,3H2,1-2H3. The van der Waals surface area contributed by atoms with Crippen molar-refractivity contribution in [2.75, 3.05) is 6.61 Å². The molecule has 0 aliphatic rings. The molecule has 0 amide bonds. The Kier molecular flexibility index (Phi) is 3.44. The monoisotopic (exact) mass is 280 g/mol. The molecule has 4 heteroatoms. The number of pyridine rings is 1. The number of hydrogen-bond acceptors (Lipinski definition) is 3. The molecule has 4 nitrogen and oxygen atoms in total. The van der Waals surface area contributed by atoms with E-state index in [0.29, 0.717) is 12.4 Å². The van der Waals surface area contributed by atoms with Gasteiger partial charge in [0.15, 0.2) is 0 Å².